The van der Waals surface area contributed by atoms with E-state index in [1.165, 1.54) is 4.40 Å². The summed E-state index contributed by atoms with van der Waals surface area (Å²) in [6.07, 6.45) is 2.69. The Labute approximate surface area is 196 Å². The summed E-state index contributed by atoms with van der Waals surface area (Å²) in [7, 11) is -3.59. The van der Waals surface area contributed by atoms with E-state index in [0.29, 0.717) is 43.4 Å². The van der Waals surface area contributed by atoms with E-state index < -0.39 is 9.84 Å². The number of nitrogens with zero attached hydrogens (tertiary/aromatic N) is 6. The van der Waals surface area contributed by atoms with Crippen molar-refractivity contribution in [2.24, 2.45) is 0 Å². The monoisotopic (exact) mass is 480 g/mol. The number of carbonyl (C=O) groups excluding carboxylic acids is 1. The summed E-state index contributed by atoms with van der Waals surface area (Å²) >= 11 is 0. The van der Waals surface area contributed by atoms with Crippen LogP contribution in [0.25, 0.3) is 16.9 Å². The van der Waals surface area contributed by atoms with Gasteiger partial charge in [-0.3, -0.25) is 14.1 Å². The lowest BCUT2D eigenvalue weighted by Crippen LogP contribution is -2.49. The van der Waals surface area contributed by atoms with E-state index in [4.69, 9.17) is 4.52 Å². The molecule has 0 radical (unpaired) electrons. The second kappa shape index (κ2) is 8.65. The van der Waals surface area contributed by atoms with Crippen LogP contribution in [0.3, 0.4) is 0 Å². The van der Waals surface area contributed by atoms with Crippen molar-refractivity contribution < 1.29 is 17.7 Å². The van der Waals surface area contributed by atoms with E-state index >= 15 is 0 Å². The van der Waals surface area contributed by atoms with Crippen LogP contribution in [0.1, 0.15) is 29.3 Å². The maximum absolute atomic E-state index is 13.3. The first-order valence-electron chi connectivity index (χ1n) is 10.9. The van der Waals surface area contributed by atoms with Gasteiger partial charge in [0.15, 0.2) is 5.69 Å². The highest BCUT2D eigenvalue weighted by Crippen LogP contribution is 2.25. The van der Waals surface area contributed by atoms with Crippen molar-refractivity contribution in [1.29, 1.82) is 0 Å². The molecule has 1 fully saturated rings. The SMILES string of the molecule is CC(c1nc(-c2ccccc2)no1)N1CCN(C(=O)c2nc(S(C)(=O)=O)n3ccccc23)CC1. The largest absolute Gasteiger partial charge is 0.337 e. The number of hydrogen-bond donors (Lipinski definition) is 0. The fraction of sp³-hybridized carbons (Fsp3) is 0.304. The van der Waals surface area contributed by atoms with Crippen molar-refractivity contribution in [1.82, 2.24) is 29.3 Å². The van der Waals surface area contributed by atoms with Crippen molar-refractivity contribution in [3.63, 3.8) is 0 Å². The van der Waals surface area contributed by atoms with Crippen LogP contribution in [0.15, 0.2) is 64.4 Å². The van der Waals surface area contributed by atoms with Gasteiger partial charge in [0.05, 0.1) is 11.6 Å². The minimum Gasteiger partial charge on any atom is -0.337 e. The van der Waals surface area contributed by atoms with E-state index in [1.807, 2.05) is 37.3 Å². The number of carbonyl (C=O) groups is 1. The van der Waals surface area contributed by atoms with Crippen LogP contribution in [0.4, 0.5) is 0 Å². The quantitative estimate of drug-likeness (QED) is 0.428. The van der Waals surface area contributed by atoms with Gasteiger partial charge in [0.25, 0.3) is 5.91 Å². The predicted octanol–water partition coefficient (Wildman–Crippen LogP) is 2.31. The van der Waals surface area contributed by atoms with Gasteiger partial charge >= 0.3 is 0 Å². The highest BCUT2D eigenvalue weighted by Gasteiger charge is 2.31. The molecule has 34 heavy (non-hydrogen) atoms. The van der Waals surface area contributed by atoms with Gasteiger partial charge in [-0.15, -0.1) is 0 Å². The number of benzene rings is 1. The van der Waals surface area contributed by atoms with E-state index in [9.17, 15) is 13.2 Å². The van der Waals surface area contributed by atoms with Crippen LogP contribution < -0.4 is 0 Å². The molecule has 11 heteroatoms. The number of hydrogen-bond acceptors (Lipinski definition) is 8. The maximum atomic E-state index is 13.3. The van der Waals surface area contributed by atoms with Gasteiger partial charge in [-0.25, -0.2) is 13.4 Å². The maximum Gasteiger partial charge on any atom is 0.274 e. The average Bonchev–Trinajstić information content (AvgIpc) is 3.49. The minimum atomic E-state index is -3.59. The van der Waals surface area contributed by atoms with E-state index in [1.54, 1.807) is 29.3 Å². The second-order valence-electron chi connectivity index (χ2n) is 8.30. The summed E-state index contributed by atoms with van der Waals surface area (Å²) in [5.41, 5.74) is 1.51. The third kappa shape index (κ3) is 4.08. The molecule has 0 bridgehead atoms. The molecule has 4 aromatic rings. The molecule has 1 amide bonds. The van der Waals surface area contributed by atoms with E-state index in [0.717, 1.165) is 11.8 Å². The predicted molar refractivity (Wildman–Crippen MR) is 124 cm³/mol. The first-order chi connectivity index (χ1) is 16.3. The molecule has 1 unspecified atom stereocenters. The molecule has 1 aromatic carbocycles. The smallest absolute Gasteiger partial charge is 0.274 e. The first-order valence-corrected chi connectivity index (χ1v) is 12.8. The summed E-state index contributed by atoms with van der Waals surface area (Å²) in [6.45, 7) is 4.17. The number of aromatic nitrogens is 4. The summed E-state index contributed by atoms with van der Waals surface area (Å²) in [4.78, 5) is 25.9. The van der Waals surface area contributed by atoms with Gasteiger partial charge < -0.3 is 9.42 Å². The fourth-order valence-corrected chi connectivity index (χ4v) is 4.93. The molecule has 1 aliphatic heterocycles. The normalized spacial score (nSPS) is 16.1. The van der Waals surface area contributed by atoms with Crippen molar-refractivity contribution in [2.75, 3.05) is 32.4 Å². The molecule has 3 aromatic heterocycles. The lowest BCUT2D eigenvalue weighted by Gasteiger charge is -2.36. The van der Waals surface area contributed by atoms with Crippen LogP contribution in [0, 0.1) is 0 Å². The molecule has 0 spiro atoms. The topological polar surface area (TPSA) is 114 Å². The molecule has 0 N–H and O–H groups in total. The van der Waals surface area contributed by atoms with E-state index in [-0.39, 0.29) is 22.8 Å². The van der Waals surface area contributed by atoms with Gasteiger partial charge in [0.2, 0.25) is 26.7 Å². The van der Waals surface area contributed by atoms with Crippen molar-refractivity contribution in [3.8, 4) is 11.4 Å². The Morgan fingerprint density at radius 1 is 1.00 bits per heavy atom. The first kappa shape index (κ1) is 22.2. The molecule has 1 atom stereocenters. The van der Waals surface area contributed by atoms with Gasteiger partial charge in [0.1, 0.15) is 0 Å². The number of amides is 1. The Kier molecular flexibility index (Phi) is 5.66. The molecule has 0 aliphatic carbocycles. The van der Waals surface area contributed by atoms with Crippen LogP contribution in [0.2, 0.25) is 0 Å². The highest BCUT2D eigenvalue weighted by atomic mass is 32.2. The Balaban J connectivity index is 1.30. The second-order valence-corrected chi connectivity index (χ2v) is 10.2. The molecule has 0 saturated carbocycles. The molecule has 1 aliphatic rings. The Morgan fingerprint density at radius 3 is 2.41 bits per heavy atom. The number of pyridine rings is 1. The zero-order chi connectivity index (χ0) is 23.9. The molecule has 1 saturated heterocycles. The van der Waals surface area contributed by atoms with Gasteiger partial charge in [-0.2, -0.15) is 4.98 Å². The zero-order valence-electron chi connectivity index (χ0n) is 18.8. The standard InChI is InChI=1S/C23H24N6O4S/c1-16(21-25-20(26-33-21)17-8-4-3-5-9-17)27-12-14-28(15-13-27)22(30)19-18-10-6-7-11-29(18)23(24-19)34(2,31)32/h3-11,16H,12-15H2,1-2H3. The minimum absolute atomic E-state index is 0.104. The third-order valence-electron chi connectivity index (χ3n) is 6.03. The number of piperazine rings is 1. The van der Waals surface area contributed by atoms with Gasteiger partial charge in [-0.1, -0.05) is 41.6 Å². The fourth-order valence-electron chi connectivity index (χ4n) is 4.16. The van der Waals surface area contributed by atoms with Crippen LogP contribution in [-0.4, -0.2) is 76.1 Å². The summed E-state index contributed by atoms with van der Waals surface area (Å²) in [5.74, 6) is 0.788. The third-order valence-corrected chi connectivity index (χ3v) is 6.98. The Bertz CT molecular complexity index is 1440. The molecule has 5 rings (SSSR count). The van der Waals surface area contributed by atoms with Crippen molar-refractivity contribution >= 4 is 21.3 Å². The summed E-state index contributed by atoms with van der Waals surface area (Å²) in [6, 6.07) is 14.7. The number of fused-ring (bicyclic) bond motifs is 1. The molecule has 10 nitrogen and oxygen atoms in total. The van der Waals surface area contributed by atoms with Crippen molar-refractivity contribution in [3.05, 3.63) is 66.3 Å². The average molecular weight is 481 g/mol. The summed E-state index contributed by atoms with van der Waals surface area (Å²) < 4.78 is 31.3. The molecule has 176 valence electrons. The number of rotatable bonds is 5. The molecule has 4 heterocycles. The molecular weight excluding hydrogens is 456 g/mol. The summed E-state index contributed by atoms with van der Waals surface area (Å²) in [5, 5.41) is 3.96. The van der Waals surface area contributed by atoms with E-state index in [2.05, 4.69) is 20.0 Å². The van der Waals surface area contributed by atoms with Crippen LogP contribution >= 0.6 is 0 Å². The lowest BCUT2D eigenvalue weighted by atomic mass is 10.2. The highest BCUT2D eigenvalue weighted by molar-refractivity contribution is 7.90. The lowest BCUT2D eigenvalue weighted by molar-refractivity contribution is 0.0548. The molecular formula is C23H24N6O4S. The Morgan fingerprint density at radius 2 is 1.71 bits per heavy atom. The van der Waals surface area contributed by atoms with Crippen LogP contribution in [0.5, 0.6) is 0 Å². The Hall–Kier alpha value is -3.57. The van der Waals surface area contributed by atoms with Crippen molar-refractivity contribution in [2.45, 2.75) is 18.1 Å². The number of sulfone groups is 1. The van der Waals surface area contributed by atoms with Gasteiger partial charge in [-0.05, 0) is 19.1 Å². The zero-order valence-corrected chi connectivity index (χ0v) is 19.6. The van der Waals surface area contributed by atoms with Gasteiger partial charge in [0, 0.05) is 44.2 Å². The number of imidazole rings is 1. The van der Waals surface area contributed by atoms with Crippen LogP contribution in [-0.2, 0) is 9.84 Å².